The molecule has 1 aliphatic carbocycles. The Balaban J connectivity index is 2.25. The summed E-state index contributed by atoms with van der Waals surface area (Å²) in [6.45, 7) is 6.50. The molecule has 0 amide bonds. The molecule has 0 radical (unpaired) electrons. The van der Waals surface area contributed by atoms with E-state index in [9.17, 15) is 4.79 Å². The van der Waals surface area contributed by atoms with Crippen LogP contribution in [0.2, 0.25) is 0 Å². The zero-order chi connectivity index (χ0) is 13.7. The fourth-order valence-electron chi connectivity index (χ4n) is 2.29. The van der Waals surface area contributed by atoms with Gasteiger partial charge in [-0.1, -0.05) is 30.3 Å². The van der Waals surface area contributed by atoms with Gasteiger partial charge in [-0.2, -0.15) is 0 Å². The zero-order valence-corrected chi connectivity index (χ0v) is 11.4. The van der Waals surface area contributed by atoms with Gasteiger partial charge >= 0.3 is 5.97 Å². The third kappa shape index (κ3) is 3.44. The van der Waals surface area contributed by atoms with Gasteiger partial charge in [0.05, 0.1) is 6.61 Å². The van der Waals surface area contributed by atoms with Gasteiger partial charge in [-0.05, 0) is 36.8 Å². The van der Waals surface area contributed by atoms with E-state index in [-0.39, 0.29) is 5.97 Å². The van der Waals surface area contributed by atoms with Crippen LogP contribution in [0.5, 0.6) is 0 Å². The molecule has 1 saturated carbocycles. The first kappa shape index (κ1) is 13.8. The molecule has 19 heavy (non-hydrogen) atoms. The number of hydrogen-bond donors (Lipinski definition) is 1. The van der Waals surface area contributed by atoms with Crippen LogP contribution in [-0.2, 0) is 9.53 Å². The van der Waals surface area contributed by atoms with Crippen LogP contribution in [0, 0.1) is 0 Å². The summed E-state index contributed by atoms with van der Waals surface area (Å²) in [5.74, 6) is 0.399. The van der Waals surface area contributed by atoms with Gasteiger partial charge in [0.1, 0.15) is 6.04 Å². The summed E-state index contributed by atoms with van der Waals surface area (Å²) in [4.78, 5) is 12.1. The number of rotatable bonds is 7. The molecule has 1 aromatic carbocycles. The second-order valence-corrected chi connectivity index (χ2v) is 4.79. The first-order valence-corrected chi connectivity index (χ1v) is 6.87. The molecule has 0 aromatic heterocycles. The molecule has 2 rings (SSSR count). The topological polar surface area (TPSA) is 38.3 Å². The van der Waals surface area contributed by atoms with Gasteiger partial charge in [-0.15, -0.1) is 6.58 Å². The summed E-state index contributed by atoms with van der Waals surface area (Å²) in [5.41, 5.74) is 2.32. The molecular formula is C16H21NO2. The van der Waals surface area contributed by atoms with Gasteiger partial charge < -0.3 is 4.74 Å². The van der Waals surface area contributed by atoms with Crippen LogP contribution >= 0.6 is 0 Å². The van der Waals surface area contributed by atoms with Crippen molar-refractivity contribution in [2.75, 3.05) is 13.2 Å². The monoisotopic (exact) mass is 259 g/mol. The maximum Gasteiger partial charge on any atom is 0.327 e. The van der Waals surface area contributed by atoms with Gasteiger partial charge in [0.25, 0.3) is 0 Å². The lowest BCUT2D eigenvalue weighted by atomic mass is 9.97. The van der Waals surface area contributed by atoms with Crippen LogP contribution < -0.4 is 5.32 Å². The van der Waals surface area contributed by atoms with Crippen LogP contribution in [0.15, 0.2) is 36.9 Å². The molecule has 102 valence electrons. The average Bonchev–Trinajstić information content (AvgIpc) is 3.24. The highest BCUT2D eigenvalue weighted by Crippen LogP contribution is 2.43. The lowest BCUT2D eigenvalue weighted by molar-refractivity contribution is -0.145. The summed E-state index contributed by atoms with van der Waals surface area (Å²) >= 11 is 0. The number of nitrogens with one attached hydrogen (secondary N) is 1. The number of carbonyl (C=O) groups excluding carboxylic acids is 1. The average molecular weight is 259 g/mol. The summed E-state index contributed by atoms with van der Waals surface area (Å²) < 4.78 is 5.17. The predicted molar refractivity (Wildman–Crippen MR) is 76.0 cm³/mol. The van der Waals surface area contributed by atoms with E-state index >= 15 is 0 Å². The molecule has 3 nitrogen and oxygen atoms in total. The van der Waals surface area contributed by atoms with Crippen LogP contribution in [0.3, 0.4) is 0 Å². The summed E-state index contributed by atoms with van der Waals surface area (Å²) in [6, 6.07) is 7.76. The Morgan fingerprint density at radius 3 is 2.89 bits per heavy atom. The van der Waals surface area contributed by atoms with Crippen molar-refractivity contribution in [2.45, 2.75) is 31.7 Å². The molecule has 0 bridgehead atoms. The molecule has 1 unspecified atom stereocenters. The van der Waals surface area contributed by atoms with Crippen molar-refractivity contribution in [3.05, 3.63) is 48.0 Å². The third-order valence-corrected chi connectivity index (χ3v) is 3.31. The minimum atomic E-state index is -0.394. The molecule has 0 heterocycles. The van der Waals surface area contributed by atoms with Gasteiger partial charge in [0, 0.05) is 6.54 Å². The van der Waals surface area contributed by atoms with Crippen molar-refractivity contribution in [1.82, 2.24) is 5.32 Å². The van der Waals surface area contributed by atoms with Crippen LogP contribution in [0.4, 0.5) is 0 Å². The molecule has 0 aliphatic heterocycles. The number of benzene rings is 1. The number of ether oxygens (including phenoxy) is 1. The van der Waals surface area contributed by atoms with E-state index < -0.39 is 6.04 Å². The molecule has 1 aromatic rings. The van der Waals surface area contributed by atoms with Crippen molar-refractivity contribution in [3.63, 3.8) is 0 Å². The Kier molecular flexibility index (Phi) is 4.74. The zero-order valence-electron chi connectivity index (χ0n) is 11.4. The minimum Gasteiger partial charge on any atom is -0.465 e. The highest BCUT2D eigenvalue weighted by Gasteiger charge is 2.30. The van der Waals surface area contributed by atoms with Crippen LogP contribution in [0.25, 0.3) is 0 Å². The minimum absolute atomic E-state index is 0.211. The second kappa shape index (κ2) is 6.53. The Morgan fingerprint density at radius 2 is 2.26 bits per heavy atom. The molecule has 1 aliphatic rings. The Morgan fingerprint density at radius 1 is 1.53 bits per heavy atom. The summed E-state index contributed by atoms with van der Waals surface area (Å²) in [7, 11) is 0. The molecule has 0 saturated heterocycles. The van der Waals surface area contributed by atoms with Gasteiger partial charge in [-0.3, -0.25) is 5.32 Å². The quantitative estimate of drug-likeness (QED) is 0.604. The van der Waals surface area contributed by atoms with Crippen LogP contribution in [-0.4, -0.2) is 19.1 Å². The standard InChI is InChI=1S/C16H21NO2/c1-3-11-17-15(16(18)19-4-2)14-8-6-5-7-13(14)12-9-10-12/h3,5-8,12,15,17H,1,4,9-11H2,2H3. The Labute approximate surface area is 114 Å². The van der Waals surface area contributed by atoms with Gasteiger partial charge in [0.2, 0.25) is 0 Å². The van der Waals surface area contributed by atoms with Gasteiger partial charge in [0.15, 0.2) is 0 Å². The van der Waals surface area contributed by atoms with E-state index in [2.05, 4.69) is 18.0 Å². The lowest BCUT2D eigenvalue weighted by Gasteiger charge is -2.19. The highest BCUT2D eigenvalue weighted by molar-refractivity contribution is 5.78. The van der Waals surface area contributed by atoms with Crippen molar-refractivity contribution in [3.8, 4) is 0 Å². The van der Waals surface area contributed by atoms with Gasteiger partial charge in [-0.25, -0.2) is 4.79 Å². The van der Waals surface area contributed by atoms with E-state index in [1.165, 1.54) is 18.4 Å². The maximum absolute atomic E-state index is 12.1. The van der Waals surface area contributed by atoms with E-state index in [4.69, 9.17) is 4.74 Å². The number of esters is 1. The van der Waals surface area contributed by atoms with E-state index in [0.717, 1.165) is 5.56 Å². The molecule has 0 spiro atoms. The molecular weight excluding hydrogens is 238 g/mol. The Bertz CT molecular complexity index is 452. The predicted octanol–water partition coefficient (Wildman–Crippen LogP) is 2.94. The maximum atomic E-state index is 12.1. The van der Waals surface area contributed by atoms with E-state index in [1.807, 2.05) is 25.1 Å². The van der Waals surface area contributed by atoms with Crippen molar-refractivity contribution >= 4 is 5.97 Å². The summed E-state index contributed by atoms with van der Waals surface area (Å²) in [5, 5.41) is 3.20. The molecule has 1 N–H and O–H groups in total. The molecule has 3 heteroatoms. The van der Waals surface area contributed by atoms with Crippen molar-refractivity contribution in [2.24, 2.45) is 0 Å². The number of hydrogen-bond acceptors (Lipinski definition) is 3. The number of carbonyl (C=O) groups is 1. The van der Waals surface area contributed by atoms with Crippen molar-refractivity contribution < 1.29 is 9.53 Å². The first-order valence-electron chi connectivity index (χ1n) is 6.87. The largest absolute Gasteiger partial charge is 0.465 e. The van der Waals surface area contributed by atoms with Crippen LogP contribution in [0.1, 0.15) is 42.9 Å². The molecule has 1 atom stereocenters. The first-order chi connectivity index (χ1) is 9.27. The fraction of sp³-hybridized carbons (Fsp3) is 0.438. The summed E-state index contributed by atoms with van der Waals surface area (Å²) in [6.07, 6.45) is 4.19. The fourth-order valence-corrected chi connectivity index (χ4v) is 2.29. The molecule has 1 fully saturated rings. The second-order valence-electron chi connectivity index (χ2n) is 4.79. The smallest absolute Gasteiger partial charge is 0.327 e. The van der Waals surface area contributed by atoms with Crippen molar-refractivity contribution in [1.29, 1.82) is 0 Å². The SMILES string of the molecule is C=CCNC(C(=O)OCC)c1ccccc1C1CC1. The highest BCUT2D eigenvalue weighted by atomic mass is 16.5. The Hall–Kier alpha value is -1.61. The third-order valence-electron chi connectivity index (χ3n) is 3.31. The van der Waals surface area contributed by atoms with E-state index in [0.29, 0.717) is 19.1 Å². The van der Waals surface area contributed by atoms with E-state index in [1.54, 1.807) is 6.08 Å². The normalized spacial score (nSPS) is 15.8. The lowest BCUT2D eigenvalue weighted by Crippen LogP contribution is -2.31.